The van der Waals surface area contributed by atoms with Gasteiger partial charge in [0.2, 0.25) is 0 Å². The van der Waals surface area contributed by atoms with E-state index in [1.165, 1.54) is 24.7 Å². The van der Waals surface area contributed by atoms with E-state index in [1.54, 1.807) is 12.1 Å². The Labute approximate surface area is 145 Å². The molecule has 0 bridgehead atoms. The number of piperazine rings is 1. The van der Waals surface area contributed by atoms with Crippen molar-refractivity contribution >= 4 is 34.7 Å². The molecule has 1 heterocycles. The number of hydrogen-bond donors (Lipinski definition) is 1. The normalized spacial score (nSPS) is 20.6. The van der Waals surface area contributed by atoms with Crippen molar-refractivity contribution in [3.8, 4) is 0 Å². The molecule has 1 aromatic rings. The number of nitrogens with zero attached hydrogens (tertiary/aromatic N) is 1. The van der Waals surface area contributed by atoms with Crippen LogP contribution in [0.2, 0.25) is 0 Å². The highest BCUT2D eigenvalue weighted by atomic mass is 35.5. The first-order valence-corrected chi connectivity index (χ1v) is 9.19. The Hall–Kier alpha value is -0.330. The van der Waals surface area contributed by atoms with Crippen LogP contribution < -0.4 is 5.32 Å². The lowest BCUT2D eigenvalue weighted by molar-refractivity contribution is 0.156. The molecule has 1 N–H and O–H groups in total. The first-order chi connectivity index (χ1) is 9.55. The predicted molar refractivity (Wildman–Crippen MR) is 94.0 cm³/mol. The minimum Gasteiger partial charge on any atom is -0.314 e. The molecule has 1 aliphatic carbocycles. The third-order valence-corrected chi connectivity index (χ3v) is 5.39. The molecule has 22 heavy (non-hydrogen) atoms. The zero-order valence-electron chi connectivity index (χ0n) is 12.7. The van der Waals surface area contributed by atoms with Crippen molar-refractivity contribution in [2.45, 2.75) is 23.8 Å². The van der Waals surface area contributed by atoms with E-state index >= 15 is 0 Å². The summed E-state index contributed by atoms with van der Waals surface area (Å²) >= 11 is 0. The van der Waals surface area contributed by atoms with Gasteiger partial charge >= 0.3 is 0 Å². The minimum atomic E-state index is -3.10. The number of benzene rings is 1. The van der Waals surface area contributed by atoms with Crippen molar-refractivity contribution in [1.29, 1.82) is 0 Å². The fourth-order valence-electron chi connectivity index (χ4n) is 3.07. The molecule has 0 aromatic heterocycles. The van der Waals surface area contributed by atoms with Gasteiger partial charge in [-0.3, -0.25) is 4.90 Å². The van der Waals surface area contributed by atoms with Crippen LogP contribution in [0.3, 0.4) is 0 Å². The molecule has 0 radical (unpaired) electrons. The summed E-state index contributed by atoms with van der Waals surface area (Å²) in [5.74, 6) is 0.747. The van der Waals surface area contributed by atoms with E-state index in [0.29, 0.717) is 10.9 Å². The van der Waals surface area contributed by atoms with Crippen molar-refractivity contribution in [1.82, 2.24) is 10.2 Å². The summed E-state index contributed by atoms with van der Waals surface area (Å²) < 4.78 is 23.1. The molecule has 1 atom stereocenters. The van der Waals surface area contributed by atoms with Gasteiger partial charge in [-0.2, -0.15) is 0 Å². The average molecular weight is 367 g/mol. The number of halogens is 2. The van der Waals surface area contributed by atoms with E-state index in [0.717, 1.165) is 32.1 Å². The molecule has 1 saturated heterocycles. The van der Waals surface area contributed by atoms with Crippen LogP contribution in [0.15, 0.2) is 29.2 Å². The lowest BCUT2D eigenvalue weighted by Crippen LogP contribution is -2.45. The van der Waals surface area contributed by atoms with Crippen LogP contribution >= 0.6 is 24.8 Å². The van der Waals surface area contributed by atoms with Gasteiger partial charge in [0.25, 0.3) is 0 Å². The number of sulfone groups is 1. The summed E-state index contributed by atoms with van der Waals surface area (Å²) in [6.45, 7) is 4.25. The van der Waals surface area contributed by atoms with Crippen LogP contribution in [-0.2, 0) is 9.84 Å². The van der Waals surface area contributed by atoms with E-state index in [2.05, 4.69) is 10.2 Å². The molecular formula is C15H24Cl2N2O2S. The second kappa shape index (κ2) is 7.97. The number of hydrogen-bond acceptors (Lipinski definition) is 4. The Morgan fingerprint density at radius 3 is 2.09 bits per heavy atom. The minimum absolute atomic E-state index is 0. The molecule has 1 aromatic carbocycles. The quantitative estimate of drug-likeness (QED) is 0.887. The molecule has 0 unspecified atom stereocenters. The second-order valence-electron chi connectivity index (χ2n) is 5.91. The molecule has 2 aliphatic rings. The zero-order valence-corrected chi connectivity index (χ0v) is 15.1. The van der Waals surface area contributed by atoms with Gasteiger partial charge in [-0.05, 0) is 36.5 Å². The van der Waals surface area contributed by atoms with Crippen molar-refractivity contribution in [2.75, 3.05) is 32.4 Å². The second-order valence-corrected chi connectivity index (χ2v) is 7.93. The summed E-state index contributed by atoms with van der Waals surface area (Å²) in [6.07, 6.45) is 3.85. The molecular weight excluding hydrogens is 343 g/mol. The highest BCUT2D eigenvalue weighted by Crippen LogP contribution is 2.44. The van der Waals surface area contributed by atoms with E-state index in [9.17, 15) is 8.42 Å². The van der Waals surface area contributed by atoms with Gasteiger partial charge < -0.3 is 5.32 Å². The summed E-state index contributed by atoms with van der Waals surface area (Å²) in [6, 6.07) is 7.97. The first-order valence-electron chi connectivity index (χ1n) is 7.30. The topological polar surface area (TPSA) is 49.4 Å². The maximum atomic E-state index is 11.5. The molecule has 1 aliphatic heterocycles. The first kappa shape index (κ1) is 19.7. The van der Waals surface area contributed by atoms with E-state index in [1.807, 2.05) is 12.1 Å². The highest BCUT2D eigenvalue weighted by molar-refractivity contribution is 7.90. The van der Waals surface area contributed by atoms with Gasteiger partial charge in [0.05, 0.1) is 4.90 Å². The standard InChI is InChI=1S/C15H22N2O2S.2ClH/c1-20(18,19)14-6-4-13(5-7-14)15(12-2-3-12)17-10-8-16-9-11-17;;/h4-7,12,15-16H,2-3,8-11H2,1H3;2*1H/t15-;;/m1../s1. The van der Waals surface area contributed by atoms with Crippen LogP contribution in [0.4, 0.5) is 0 Å². The Morgan fingerprint density at radius 2 is 1.64 bits per heavy atom. The summed E-state index contributed by atoms with van der Waals surface area (Å²) in [7, 11) is -3.10. The van der Waals surface area contributed by atoms with Crippen LogP contribution in [0.1, 0.15) is 24.4 Å². The highest BCUT2D eigenvalue weighted by Gasteiger charge is 2.36. The maximum absolute atomic E-state index is 11.5. The number of rotatable bonds is 4. The zero-order chi connectivity index (χ0) is 14.2. The van der Waals surface area contributed by atoms with Gasteiger partial charge in [0.1, 0.15) is 0 Å². The fraction of sp³-hybridized carbons (Fsp3) is 0.600. The van der Waals surface area contributed by atoms with Crippen molar-refractivity contribution in [2.24, 2.45) is 5.92 Å². The van der Waals surface area contributed by atoms with E-state index in [-0.39, 0.29) is 24.8 Å². The van der Waals surface area contributed by atoms with Gasteiger partial charge in [0.15, 0.2) is 9.84 Å². The van der Waals surface area contributed by atoms with Crippen LogP contribution in [-0.4, -0.2) is 45.8 Å². The van der Waals surface area contributed by atoms with E-state index < -0.39 is 9.84 Å². The Morgan fingerprint density at radius 1 is 1.09 bits per heavy atom. The molecule has 1 saturated carbocycles. The Balaban J connectivity index is 0.00000121. The molecule has 126 valence electrons. The summed E-state index contributed by atoms with van der Waals surface area (Å²) in [5.41, 5.74) is 1.27. The average Bonchev–Trinajstić information content (AvgIpc) is 3.25. The lowest BCUT2D eigenvalue weighted by Gasteiger charge is -2.35. The summed E-state index contributed by atoms with van der Waals surface area (Å²) in [4.78, 5) is 2.96. The maximum Gasteiger partial charge on any atom is 0.175 e. The third kappa shape index (κ3) is 4.59. The van der Waals surface area contributed by atoms with Crippen LogP contribution in [0.5, 0.6) is 0 Å². The van der Waals surface area contributed by atoms with E-state index in [4.69, 9.17) is 0 Å². The summed E-state index contributed by atoms with van der Waals surface area (Å²) in [5, 5.41) is 3.39. The third-order valence-electron chi connectivity index (χ3n) is 4.26. The Kier molecular flexibility index (Phi) is 7.15. The molecule has 4 nitrogen and oxygen atoms in total. The monoisotopic (exact) mass is 366 g/mol. The van der Waals surface area contributed by atoms with Gasteiger partial charge in [-0.1, -0.05) is 12.1 Å². The van der Waals surface area contributed by atoms with Gasteiger partial charge in [0, 0.05) is 38.5 Å². The SMILES string of the molecule is CS(=O)(=O)c1ccc([C@@H](C2CC2)N2CCNCC2)cc1.Cl.Cl. The Bertz CT molecular complexity index is 568. The molecule has 7 heteroatoms. The lowest BCUT2D eigenvalue weighted by atomic mass is 10.00. The molecule has 2 fully saturated rings. The van der Waals surface area contributed by atoms with Crippen LogP contribution in [0, 0.1) is 5.92 Å². The van der Waals surface area contributed by atoms with Crippen molar-refractivity contribution in [3.05, 3.63) is 29.8 Å². The molecule has 0 spiro atoms. The van der Waals surface area contributed by atoms with Crippen molar-refractivity contribution in [3.63, 3.8) is 0 Å². The fourth-order valence-corrected chi connectivity index (χ4v) is 3.70. The predicted octanol–water partition coefficient (Wildman–Crippen LogP) is 2.29. The van der Waals surface area contributed by atoms with Crippen molar-refractivity contribution < 1.29 is 8.42 Å². The van der Waals surface area contributed by atoms with Crippen LogP contribution in [0.25, 0.3) is 0 Å². The largest absolute Gasteiger partial charge is 0.314 e. The molecule has 3 rings (SSSR count). The smallest absolute Gasteiger partial charge is 0.175 e. The van der Waals surface area contributed by atoms with Gasteiger partial charge in [-0.25, -0.2) is 8.42 Å². The molecule has 0 amide bonds. The van der Waals surface area contributed by atoms with Gasteiger partial charge in [-0.15, -0.1) is 24.8 Å². The number of nitrogens with one attached hydrogen (secondary N) is 1.